The molecule has 6 heteroatoms. The molecule has 0 radical (unpaired) electrons. The van der Waals surface area contributed by atoms with Crippen molar-refractivity contribution in [1.29, 1.82) is 0 Å². The number of methoxy groups -OCH3 is 1. The highest BCUT2D eigenvalue weighted by atomic mass is 35.5. The number of hydrogen-bond donors (Lipinski definition) is 1. The second kappa shape index (κ2) is 6.37. The van der Waals surface area contributed by atoms with Crippen molar-refractivity contribution in [3.63, 3.8) is 0 Å². The number of carbonyl (C=O) groups excluding carboxylic acids is 1. The first-order chi connectivity index (χ1) is 11.5. The largest absolute Gasteiger partial charge is 0.497 e. The lowest BCUT2D eigenvalue weighted by atomic mass is 10.1. The minimum absolute atomic E-state index is 0.0539. The molecule has 1 heterocycles. The fraction of sp³-hybridized carbons (Fsp3) is 0.111. The van der Waals surface area contributed by atoms with Crippen molar-refractivity contribution in [2.24, 2.45) is 7.05 Å². The molecule has 0 saturated heterocycles. The van der Waals surface area contributed by atoms with Crippen LogP contribution in [-0.4, -0.2) is 17.6 Å². The summed E-state index contributed by atoms with van der Waals surface area (Å²) in [4.78, 5) is 25.2. The van der Waals surface area contributed by atoms with Gasteiger partial charge in [0.05, 0.1) is 18.0 Å². The van der Waals surface area contributed by atoms with Gasteiger partial charge in [-0.2, -0.15) is 0 Å². The summed E-state index contributed by atoms with van der Waals surface area (Å²) < 4.78 is 6.90. The van der Waals surface area contributed by atoms with Gasteiger partial charge in [-0.3, -0.25) is 9.59 Å². The maximum absolute atomic E-state index is 12.7. The van der Waals surface area contributed by atoms with E-state index >= 15 is 0 Å². The van der Waals surface area contributed by atoms with Gasteiger partial charge in [0.2, 0.25) is 5.43 Å². The van der Waals surface area contributed by atoms with Crippen LogP contribution in [0.15, 0.2) is 53.5 Å². The van der Waals surface area contributed by atoms with E-state index in [0.29, 0.717) is 21.8 Å². The lowest BCUT2D eigenvalue weighted by molar-refractivity contribution is 0.102. The number of rotatable bonds is 3. The van der Waals surface area contributed by atoms with Gasteiger partial charge in [-0.15, -0.1) is 0 Å². The Bertz CT molecular complexity index is 995. The normalized spacial score (nSPS) is 10.6. The number of carbonyl (C=O) groups is 1. The smallest absolute Gasteiger partial charge is 0.261 e. The zero-order valence-electron chi connectivity index (χ0n) is 13.2. The van der Waals surface area contributed by atoms with Crippen LogP contribution in [0.1, 0.15) is 10.4 Å². The number of halogens is 1. The van der Waals surface area contributed by atoms with Crippen molar-refractivity contribution in [3.05, 3.63) is 69.5 Å². The Morgan fingerprint density at radius 3 is 2.71 bits per heavy atom. The number of anilines is 1. The first-order valence-corrected chi connectivity index (χ1v) is 7.61. The van der Waals surface area contributed by atoms with Gasteiger partial charge in [-0.1, -0.05) is 17.7 Å². The molecule has 24 heavy (non-hydrogen) atoms. The number of benzene rings is 2. The van der Waals surface area contributed by atoms with Crippen molar-refractivity contribution in [2.45, 2.75) is 0 Å². The predicted molar refractivity (Wildman–Crippen MR) is 95.1 cm³/mol. The molecule has 0 saturated carbocycles. The predicted octanol–water partition coefficient (Wildman–Crippen LogP) is 3.45. The Morgan fingerprint density at radius 1 is 1.21 bits per heavy atom. The highest BCUT2D eigenvalue weighted by Gasteiger charge is 2.15. The van der Waals surface area contributed by atoms with Crippen LogP contribution in [-0.2, 0) is 7.05 Å². The summed E-state index contributed by atoms with van der Waals surface area (Å²) in [7, 11) is 3.31. The number of aromatic nitrogens is 1. The molecule has 1 N–H and O–H groups in total. The van der Waals surface area contributed by atoms with Crippen molar-refractivity contribution in [1.82, 2.24) is 4.57 Å². The van der Waals surface area contributed by atoms with Crippen LogP contribution in [0.3, 0.4) is 0 Å². The second-order valence-electron chi connectivity index (χ2n) is 5.33. The van der Waals surface area contributed by atoms with E-state index in [0.717, 1.165) is 5.52 Å². The first-order valence-electron chi connectivity index (χ1n) is 7.24. The number of amides is 1. The fourth-order valence-corrected chi connectivity index (χ4v) is 2.72. The molecule has 1 aromatic heterocycles. The van der Waals surface area contributed by atoms with Gasteiger partial charge in [0, 0.05) is 24.0 Å². The van der Waals surface area contributed by atoms with E-state index < -0.39 is 5.91 Å². The number of pyridine rings is 1. The molecule has 0 aliphatic carbocycles. The first kappa shape index (κ1) is 16.1. The van der Waals surface area contributed by atoms with Crippen molar-refractivity contribution < 1.29 is 9.53 Å². The molecule has 0 aliphatic heterocycles. The van der Waals surface area contributed by atoms with E-state index in [4.69, 9.17) is 16.3 Å². The molecule has 0 unspecified atom stereocenters. The summed E-state index contributed by atoms with van der Waals surface area (Å²) in [6.45, 7) is 0. The monoisotopic (exact) mass is 342 g/mol. The van der Waals surface area contributed by atoms with Crippen LogP contribution in [0.2, 0.25) is 5.02 Å². The molecule has 0 atom stereocenters. The fourth-order valence-electron chi connectivity index (χ4n) is 2.52. The molecular weight excluding hydrogens is 328 g/mol. The standard InChI is InChI=1S/C18H15ClN2O3/c1-21-10-15(18(23)20-12-5-3-4-11(19)8-12)17(22)14-9-13(24-2)6-7-16(14)21/h3-10H,1-2H3,(H,20,23). The Morgan fingerprint density at radius 2 is 2.00 bits per heavy atom. The van der Waals surface area contributed by atoms with E-state index in [1.165, 1.54) is 13.3 Å². The molecule has 0 aliphatic rings. The highest BCUT2D eigenvalue weighted by Crippen LogP contribution is 2.19. The third-order valence-corrected chi connectivity index (χ3v) is 3.96. The maximum atomic E-state index is 12.7. The third kappa shape index (κ3) is 2.98. The molecule has 0 spiro atoms. The number of fused-ring (bicyclic) bond motifs is 1. The second-order valence-corrected chi connectivity index (χ2v) is 5.77. The van der Waals surface area contributed by atoms with E-state index in [-0.39, 0.29) is 11.0 Å². The van der Waals surface area contributed by atoms with Gasteiger partial charge in [-0.25, -0.2) is 0 Å². The molecule has 122 valence electrons. The SMILES string of the molecule is COc1ccc2c(c1)c(=O)c(C(=O)Nc1cccc(Cl)c1)cn2C. The zero-order chi connectivity index (χ0) is 17.3. The summed E-state index contributed by atoms with van der Waals surface area (Å²) in [6, 6.07) is 11.9. The van der Waals surface area contributed by atoms with Crippen molar-refractivity contribution in [2.75, 3.05) is 12.4 Å². The van der Waals surface area contributed by atoms with Gasteiger partial charge >= 0.3 is 0 Å². The summed E-state index contributed by atoms with van der Waals surface area (Å²) in [5, 5.41) is 3.62. The Labute approximate surface area is 143 Å². The topological polar surface area (TPSA) is 60.3 Å². The van der Waals surface area contributed by atoms with Gasteiger partial charge in [0.1, 0.15) is 11.3 Å². The van der Waals surface area contributed by atoms with Crippen molar-refractivity contribution in [3.8, 4) is 5.75 Å². The van der Waals surface area contributed by atoms with Gasteiger partial charge in [0.25, 0.3) is 5.91 Å². The molecule has 0 fully saturated rings. The maximum Gasteiger partial charge on any atom is 0.261 e. The summed E-state index contributed by atoms with van der Waals surface area (Å²) >= 11 is 5.91. The van der Waals surface area contributed by atoms with E-state index in [2.05, 4.69) is 5.32 Å². The number of hydrogen-bond acceptors (Lipinski definition) is 3. The molecule has 0 bridgehead atoms. The van der Waals surface area contributed by atoms with Gasteiger partial charge in [-0.05, 0) is 36.4 Å². The molecule has 1 amide bonds. The number of nitrogens with one attached hydrogen (secondary N) is 1. The van der Waals surface area contributed by atoms with Gasteiger partial charge < -0.3 is 14.6 Å². The van der Waals surface area contributed by atoms with Crippen molar-refractivity contribution >= 4 is 34.1 Å². The van der Waals surface area contributed by atoms with Crippen LogP contribution in [0.4, 0.5) is 5.69 Å². The average molecular weight is 343 g/mol. The number of ether oxygens (including phenoxy) is 1. The number of nitrogens with zero attached hydrogens (tertiary/aromatic N) is 1. The van der Waals surface area contributed by atoms with Crippen LogP contribution in [0.5, 0.6) is 5.75 Å². The Hall–Kier alpha value is -2.79. The molecular formula is C18H15ClN2O3. The lowest BCUT2D eigenvalue weighted by Gasteiger charge is -2.11. The molecule has 3 rings (SSSR count). The Kier molecular flexibility index (Phi) is 4.27. The summed E-state index contributed by atoms with van der Waals surface area (Å²) in [6.07, 6.45) is 1.52. The van der Waals surface area contributed by atoms with Crippen LogP contribution >= 0.6 is 11.6 Å². The minimum Gasteiger partial charge on any atom is -0.497 e. The van der Waals surface area contributed by atoms with Crippen LogP contribution < -0.4 is 15.5 Å². The number of aryl methyl sites for hydroxylation is 1. The van der Waals surface area contributed by atoms with E-state index in [1.54, 1.807) is 54.1 Å². The Balaban J connectivity index is 2.07. The zero-order valence-corrected chi connectivity index (χ0v) is 13.9. The molecule has 5 nitrogen and oxygen atoms in total. The minimum atomic E-state index is -0.484. The third-order valence-electron chi connectivity index (χ3n) is 3.72. The van der Waals surface area contributed by atoms with Gasteiger partial charge in [0.15, 0.2) is 0 Å². The summed E-state index contributed by atoms with van der Waals surface area (Å²) in [5.41, 5.74) is 0.958. The molecule has 2 aromatic carbocycles. The molecule has 3 aromatic rings. The lowest BCUT2D eigenvalue weighted by Crippen LogP contribution is -2.23. The quantitative estimate of drug-likeness (QED) is 0.793. The summed E-state index contributed by atoms with van der Waals surface area (Å²) in [5.74, 6) is 0.0783. The average Bonchev–Trinajstić information content (AvgIpc) is 2.57. The van der Waals surface area contributed by atoms with E-state index in [9.17, 15) is 9.59 Å². The highest BCUT2D eigenvalue weighted by molar-refractivity contribution is 6.31. The van der Waals surface area contributed by atoms with E-state index in [1.807, 2.05) is 0 Å². The van der Waals surface area contributed by atoms with Crippen LogP contribution in [0.25, 0.3) is 10.9 Å². The van der Waals surface area contributed by atoms with Crippen LogP contribution in [0, 0.1) is 0 Å².